The van der Waals surface area contributed by atoms with Gasteiger partial charge in [0.1, 0.15) is 5.75 Å². The summed E-state index contributed by atoms with van der Waals surface area (Å²) in [6.07, 6.45) is 2.16. The van der Waals surface area contributed by atoms with Gasteiger partial charge in [-0.2, -0.15) is 0 Å². The molecule has 1 heterocycles. The van der Waals surface area contributed by atoms with E-state index < -0.39 is 0 Å². The maximum Gasteiger partial charge on any atom is 0.119 e. The van der Waals surface area contributed by atoms with Gasteiger partial charge < -0.3 is 10.5 Å². The number of nitrogens with zero attached hydrogens (tertiary/aromatic N) is 1. The van der Waals surface area contributed by atoms with E-state index in [0.29, 0.717) is 6.04 Å². The molecule has 17 heavy (non-hydrogen) atoms. The maximum atomic E-state index is 5.91. The van der Waals surface area contributed by atoms with Crippen molar-refractivity contribution in [3.05, 3.63) is 29.8 Å². The molecule has 0 radical (unpaired) electrons. The molecule has 2 N–H and O–H groups in total. The smallest absolute Gasteiger partial charge is 0.119 e. The molecule has 1 unspecified atom stereocenters. The van der Waals surface area contributed by atoms with Gasteiger partial charge in [-0.1, -0.05) is 19.1 Å². The molecule has 1 aromatic carbocycles. The Kier molecular flexibility index (Phi) is 4.40. The van der Waals surface area contributed by atoms with Gasteiger partial charge in [0, 0.05) is 25.7 Å². The molecule has 94 valence electrons. The third kappa shape index (κ3) is 3.72. The molecule has 0 bridgehead atoms. The zero-order valence-corrected chi connectivity index (χ0v) is 10.6. The van der Waals surface area contributed by atoms with Crippen LogP contribution in [-0.2, 0) is 6.54 Å². The lowest BCUT2D eigenvalue weighted by molar-refractivity contribution is 0.312. The van der Waals surface area contributed by atoms with Crippen molar-refractivity contribution in [3.8, 4) is 5.75 Å². The van der Waals surface area contributed by atoms with Crippen molar-refractivity contribution >= 4 is 0 Å². The second-order valence-corrected chi connectivity index (χ2v) is 4.78. The molecule has 1 saturated heterocycles. The molecule has 0 saturated carbocycles. The van der Waals surface area contributed by atoms with Crippen LogP contribution in [0.25, 0.3) is 0 Å². The molecule has 3 heteroatoms. The monoisotopic (exact) mass is 234 g/mol. The largest absolute Gasteiger partial charge is 0.494 e. The molecule has 1 aliphatic heterocycles. The summed E-state index contributed by atoms with van der Waals surface area (Å²) in [5, 5.41) is 0. The van der Waals surface area contributed by atoms with Crippen LogP contribution in [0.3, 0.4) is 0 Å². The van der Waals surface area contributed by atoms with Gasteiger partial charge in [0.15, 0.2) is 0 Å². The summed E-state index contributed by atoms with van der Waals surface area (Å²) in [6, 6.07) is 8.74. The predicted molar refractivity (Wildman–Crippen MR) is 70.1 cm³/mol. The molecule has 1 aliphatic rings. The van der Waals surface area contributed by atoms with Crippen LogP contribution < -0.4 is 10.5 Å². The van der Waals surface area contributed by atoms with Gasteiger partial charge in [0.2, 0.25) is 0 Å². The van der Waals surface area contributed by atoms with E-state index in [2.05, 4.69) is 30.0 Å². The SMILES string of the molecule is CCCOc1cccc(CN2CCC(N)C2)c1. The first-order valence-electron chi connectivity index (χ1n) is 6.47. The van der Waals surface area contributed by atoms with Crippen molar-refractivity contribution in [1.29, 1.82) is 0 Å². The van der Waals surface area contributed by atoms with Gasteiger partial charge in [-0.25, -0.2) is 0 Å². The number of likely N-dealkylation sites (tertiary alicyclic amines) is 1. The number of rotatable bonds is 5. The van der Waals surface area contributed by atoms with E-state index in [1.165, 1.54) is 5.56 Å². The highest BCUT2D eigenvalue weighted by Crippen LogP contribution is 2.17. The molecular weight excluding hydrogens is 212 g/mol. The van der Waals surface area contributed by atoms with E-state index in [0.717, 1.165) is 44.8 Å². The minimum atomic E-state index is 0.356. The van der Waals surface area contributed by atoms with E-state index in [1.54, 1.807) is 0 Å². The van der Waals surface area contributed by atoms with Gasteiger partial charge in [0.25, 0.3) is 0 Å². The van der Waals surface area contributed by atoms with E-state index in [1.807, 2.05) is 6.07 Å². The summed E-state index contributed by atoms with van der Waals surface area (Å²) in [6.45, 7) is 6.02. The summed E-state index contributed by atoms with van der Waals surface area (Å²) in [7, 11) is 0. The summed E-state index contributed by atoms with van der Waals surface area (Å²) in [4.78, 5) is 2.41. The third-order valence-corrected chi connectivity index (χ3v) is 3.09. The topological polar surface area (TPSA) is 38.5 Å². The summed E-state index contributed by atoms with van der Waals surface area (Å²) in [5.74, 6) is 0.979. The van der Waals surface area contributed by atoms with Gasteiger partial charge >= 0.3 is 0 Å². The highest BCUT2D eigenvalue weighted by atomic mass is 16.5. The van der Waals surface area contributed by atoms with Crippen molar-refractivity contribution < 1.29 is 4.74 Å². The Labute approximate surface area is 104 Å². The van der Waals surface area contributed by atoms with E-state index >= 15 is 0 Å². The molecule has 1 atom stereocenters. The van der Waals surface area contributed by atoms with Gasteiger partial charge in [0.05, 0.1) is 6.61 Å². The summed E-state index contributed by atoms with van der Waals surface area (Å²) < 4.78 is 5.64. The lowest BCUT2D eigenvalue weighted by Gasteiger charge is -2.15. The Morgan fingerprint density at radius 1 is 1.47 bits per heavy atom. The van der Waals surface area contributed by atoms with Crippen LogP contribution in [0, 0.1) is 0 Å². The van der Waals surface area contributed by atoms with E-state index in [-0.39, 0.29) is 0 Å². The molecule has 2 rings (SSSR count). The number of benzene rings is 1. The summed E-state index contributed by atoms with van der Waals surface area (Å²) in [5.41, 5.74) is 7.22. The fourth-order valence-electron chi connectivity index (χ4n) is 2.22. The Hall–Kier alpha value is -1.06. The fourth-order valence-corrected chi connectivity index (χ4v) is 2.22. The minimum Gasteiger partial charge on any atom is -0.494 e. The Bertz CT molecular complexity index is 354. The number of ether oxygens (including phenoxy) is 1. The lowest BCUT2D eigenvalue weighted by Crippen LogP contribution is -2.26. The average molecular weight is 234 g/mol. The van der Waals surface area contributed by atoms with Gasteiger partial charge in [-0.05, 0) is 30.5 Å². The molecule has 0 amide bonds. The van der Waals surface area contributed by atoms with Crippen molar-refractivity contribution in [1.82, 2.24) is 4.90 Å². The quantitative estimate of drug-likeness (QED) is 0.847. The molecule has 1 aromatic rings. The van der Waals surface area contributed by atoms with Crippen molar-refractivity contribution in [2.45, 2.75) is 32.4 Å². The van der Waals surface area contributed by atoms with E-state index in [4.69, 9.17) is 10.5 Å². The third-order valence-electron chi connectivity index (χ3n) is 3.09. The molecular formula is C14H22N2O. The summed E-state index contributed by atoms with van der Waals surface area (Å²) >= 11 is 0. The van der Waals surface area contributed by atoms with Crippen LogP contribution in [0.15, 0.2) is 24.3 Å². The Morgan fingerprint density at radius 2 is 2.35 bits per heavy atom. The van der Waals surface area contributed by atoms with Crippen LogP contribution in [0.4, 0.5) is 0 Å². The van der Waals surface area contributed by atoms with Crippen molar-refractivity contribution in [2.24, 2.45) is 5.73 Å². The van der Waals surface area contributed by atoms with Crippen molar-refractivity contribution in [3.63, 3.8) is 0 Å². The highest BCUT2D eigenvalue weighted by molar-refractivity contribution is 5.28. The highest BCUT2D eigenvalue weighted by Gasteiger charge is 2.18. The molecule has 0 aliphatic carbocycles. The average Bonchev–Trinajstić information content (AvgIpc) is 2.73. The zero-order chi connectivity index (χ0) is 12.1. The molecule has 3 nitrogen and oxygen atoms in total. The Balaban J connectivity index is 1.91. The van der Waals surface area contributed by atoms with E-state index in [9.17, 15) is 0 Å². The standard InChI is InChI=1S/C14H22N2O/c1-2-8-17-14-5-3-4-12(9-14)10-16-7-6-13(15)11-16/h3-5,9,13H,2,6-8,10-11,15H2,1H3. The van der Waals surface area contributed by atoms with Crippen LogP contribution in [0.1, 0.15) is 25.3 Å². The van der Waals surface area contributed by atoms with Crippen LogP contribution in [0.5, 0.6) is 5.75 Å². The van der Waals surface area contributed by atoms with Crippen LogP contribution >= 0.6 is 0 Å². The first-order valence-corrected chi connectivity index (χ1v) is 6.47. The normalized spacial score (nSPS) is 20.7. The van der Waals surface area contributed by atoms with Gasteiger partial charge in [-0.3, -0.25) is 4.90 Å². The predicted octanol–water partition coefficient (Wildman–Crippen LogP) is 2.01. The number of hydrogen-bond donors (Lipinski definition) is 1. The molecule has 1 fully saturated rings. The molecule has 0 spiro atoms. The number of hydrogen-bond acceptors (Lipinski definition) is 3. The second-order valence-electron chi connectivity index (χ2n) is 4.78. The Morgan fingerprint density at radius 3 is 3.06 bits per heavy atom. The first-order chi connectivity index (χ1) is 8.28. The molecule has 0 aromatic heterocycles. The number of nitrogens with two attached hydrogens (primary N) is 1. The lowest BCUT2D eigenvalue weighted by atomic mass is 10.2. The first kappa shape index (κ1) is 12.4. The van der Waals surface area contributed by atoms with Crippen molar-refractivity contribution in [2.75, 3.05) is 19.7 Å². The zero-order valence-electron chi connectivity index (χ0n) is 10.6. The maximum absolute atomic E-state index is 5.91. The van der Waals surface area contributed by atoms with Crippen LogP contribution in [0.2, 0.25) is 0 Å². The minimum absolute atomic E-state index is 0.356. The second kappa shape index (κ2) is 6.03. The fraction of sp³-hybridized carbons (Fsp3) is 0.571. The van der Waals surface area contributed by atoms with Gasteiger partial charge in [-0.15, -0.1) is 0 Å². The van der Waals surface area contributed by atoms with Crippen LogP contribution in [-0.4, -0.2) is 30.6 Å².